The second kappa shape index (κ2) is 9.36. The minimum Gasteiger partial charge on any atom is -0.341 e. The van der Waals surface area contributed by atoms with Crippen LogP contribution < -0.4 is 0 Å². The number of piperidine rings is 1. The number of amides is 2. The lowest BCUT2D eigenvalue weighted by molar-refractivity contribution is -0.138. The molecule has 0 aliphatic carbocycles. The molecule has 2 amide bonds. The highest BCUT2D eigenvalue weighted by molar-refractivity contribution is 5.92. The van der Waals surface area contributed by atoms with Crippen LogP contribution in [0, 0.1) is 12.8 Å². The van der Waals surface area contributed by atoms with Gasteiger partial charge in [-0.1, -0.05) is 54.6 Å². The molecule has 0 bridgehead atoms. The Morgan fingerprint density at radius 1 is 1.04 bits per heavy atom. The van der Waals surface area contributed by atoms with Crippen molar-refractivity contribution in [2.75, 3.05) is 20.1 Å². The summed E-state index contributed by atoms with van der Waals surface area (Å²) < 4.78 is 0. The Kier molecular flexibility index (Phi) is 6.64. The van der Waals surface area contributed by atoms with Gasteiger partial charge in [-0.3, -0.25) is 9.59 Å². The van der Waals surface area contributed by atoms with Crippen LogP contribution in [0.4, 0.5) is 0 Å². The molecule has 2 aromatic carbocycles. The molecule has 0 unspecified atom stereocenters. The number of benzene rings is 2. The number of likely N-dealkylation sites (tertiary alicyclic amines) is 1. The summed E-state index contributed by atoms with van der Waals surface area (Å²) >= 11 is 0. The predicted molar refractivity (Wildman–Crippen MR) is 112 cm³/mol. The maximum Gasteiger partial charge on any atom is 0.246 e. The summed E-state index contributed by atoms with van der Waals surface area (Å²) in [4.78, 5) is 28.9. The van der Waals surface area contributed by atoms with Crippen molar-refractivity contribution in [2.45, 2.75) is 26.3 Å². The van der Waals surface area contributed by atoms with Crippen LogP contribution in [0.2, 0.25) is 0 Å². The van der Waals surface area contributed by atoms with Crippen LogP contribution in [0.15, 0.2) is 60.7 Å². The highest BCUT2D eigenvalue weighted by Crippen LogP contribution is 2.21. The summed E-state index contributed by atoms with van der Waals surface area (Å²) in [6.45, 7) is 3.96. The zero-order valence-corrected chi connectivity index (χ0v) is 16.7. The van der Waals surface area contributed by atoms with Crippen molar-refractivity contribution in [3.8, 4) is 0 Å². The second-order valence-corrected chi connectivity index (χ2v) is 7.46. The molecule has 3 rings (SSSR count). The molecule has 2 aromatic rings. The molecule has 1 aliphatic heterocycles. The van der Waals surface area contributed by atoms with E-state index in [0.717, 1.165) is 18.4 Å². The molecule has 0 saturated carbocycles. The van der Waals surface area contributed by atoms with Crippen molar-refractivity contribution in [2.24, 2.45) is 5.92 Å². The Balaban J connectivity index is 1.50. The fourth-order valence-electron chi connectivity index (χ4n) is 3.62. The van der Waals surface area contributed by atoms with Gasteiger partial charge in [-0.25, -0.2) is 0 Å². The van der Waals surface area contributed by atoms with Crippen molar-refractivity contribution >= 4 is 17.9 Å². The Hall–Kier alpha value is -2.88. The van der Waals surface area contributed by atoms with Gasteiger partial charge in [-0.15, -0.1) is 0 Å². The van der Waals surface area contributed by atoms with Gasteiger partial charge in [0, 0.05) is 38.7 Å². The standard InChI is InChI=1S/C24H28N2O2/c1-19-8-6-7-11-22(19)18-25(2)24(28)21-14-16-26(17-15-21)23(27)13-12-20-9-4-3-5-10-20/h3-13,21H,14-18H2,1-2H3/b13-12+. The van der Waals surface area contributed by atoms with Gasteiger partial charge >= 0.3 is 0 Å². The molecule has 1 aliphatic rings. The molecule has 1 fully saturated rings. The summed E-state index contributed by atoms with van der Waals surface area (Å²) in [5, 5.41) is 0. The van der Waals surface area contributed by atoms with E-state index in [2.05, 4.69) is 19.1 Å². The van der Waals surface area contributed by atoms with Crippen molar-refractivity contribution in [1.29, 1.82) is 0 Å². The van der Waals surface area contributed by atoms with Crippen molar-refractivity contribution in [3.05, 3.63) is 77.4 Å². The first kappa shape index (κ1) is 19.9. The van der Waals surface area contributed by atoms with Crippen LogP contribution in [0.3, 0.4) is 0 Å². The fourth-order valence-corrected chi connectivity index (χ4v) is 3.62. The SMILES string of the molecule is Cc1ccccc1CN(C)C(=O)C1CCN(C(=O)/C=C/c2ccccc2)CC1. The lowest BCUT2D eigenvalue weighted by Crippen LogP contribution is -2.42. The minimum absolute atomic E-state index is 0.00355. The second-order valence-electron chi connectivity index (χ2n) is 7.46. The van der Waals surface area contributed by atoms with Crippen LogP contribution >= 0.6 is 0 Å². The fraction of sp³-hybridized carbons (Fsp3) is 0.333. The van der Waals surface area contributed by atoms with E-state index < -0.39 is 0 Å². The number of hydrogen-bond acceptors (Lipinski definition) is 2. The van der Waals surface area contributed by atoms with Gasteiger partial charge in [-0.2, -0.15) is 0 Å². The molecule has 28 heavy (non-hydrogen) atoms. The molecule has 0 atom stereocenters. The number of nitrogens with zero attached hydrogens (tertiary/aromatic N) is 2. The van der Waals surface area contributed by atoms with Crippen LogP contribution in [0.25, 0.3) is 6.08 Å². The molecule has 4 heteroatoms. The van der Waals surface area contributed by atoms with Crippen LogP contribution in [-0.4, -0.2) is 41.8 Å². The molecule has 1 heterocycles. The van der Waals surface area contributed by atoms with Crippen LogP contribution in [-0.2, 0) is 16.1 Å². The molecular weight excluding hydrogens is 348 g/mol. The third-order valence-corrected chi connectivity index (χ3v) is 5.42. The van der Waals surface area contributed by atoms with Crippen molar-refractivity contribution < 1.29 is 9.59 Å². The first-order valence-electron chi connectivity index (χ1n) is 9.86. The average Bonchev–Trinajstić information content (AvgIpc) is 2.74. The number of hydrogen-bond donors (Lipinski definition) is 0. The maximum absolute atomic E-state index is 12.8. The Bertz CT molecular complexity index is 837. The Labute approximate surface area is 167 Å². The van der Waals surface area contributed by atoms with E-state index >= 15 is 0 Å². The zero-order valence-electron chi connectivity index (χ0n) is 16.7. The van der Waals surface area contributed by atoms with Gasteiger partial charge in [0.05, 0.1) is 0 Å². The van der Waals surface area contributed by atoms with E-state index in [4.69, 9.17) is 0 Å². The highest BCUT2D eigenvalue weighted by Gasteiger charge is 2.28. The van der Waals surface area contributed by atoms with E-state index in [-0.39, 0.29) is 17.7 Å². The van der Waals surface area contributed by atoms with Gasteiger partial charge in [0.25, 0.3) is 0 Å². The summed E-state index contributed by atoms with van der Waals surface area (Å²) in [7, 11) is 1.87. The topological polar surface area (TPSA) is 40.6 Å². The first-order valence-corrected chi connectivity index (χ1v) is 9.86. The number of carbonyl (C=O) groups excluding carboxylic acids is 2. The third-order valence-electron chi connectivity index (χ3n) is 5.42. The zero-order chi connectivity index (χ0) is 19.9. The van der Waals surface area contributed by atoms with Crippen LogP contribution in [0.5, 0.6) is 0 Å². The lowest BCUT2D eigenvalue weighted by atomic mass is 9.95. The molecule has 0 N–H and O–H groups in total. The predicted octanol–water partition coefficient (Wildman–Crippen LogP) is 3.91. The molecule has 1 saturated heterocycles. The van der Waals surface area contributed by atoms with Gasteiger partial charge in [0.2, 0.25) is 11.8 Å². The Morgan fingerprint density at radius 3 is 2.36 bits per heavy atom. The highest BCUT2D eigenvalue weighted by atomic mass is 16.2. The van der Waals surface area contributed by atoms with Gasteiger partial charge in [0.15, 0.2) is 0 Å². The summed E-state index contributed by atoms with van der Waals surface area (Å²) in [5.41, 5.74) is 3.39. The summed E-state index contributed by atoms with van der Waals surface area (Å²) in [5.74, 6) is 0.189. The lowest BCUT2D eigenvalue weighted by Gasteiger charge is -2.33. The van der Waals surface area contributed by atoms with Crippen LogP contribution in [0.1, 0.15) is 29.5 Å². The van der Waals surface area contributed by atoms with Gasteiger partial charge in [0.1, 0.15) is 0 Å². The molecule has 0 radical (unpaired) electrons. The summed E-state index contributed by atoms with van der Waals surface area (Å²) in [6.07, 6.45) is 4.92. The van der Waals surface area contributed by atoms with Gasteiger partial charge in [-0.05, 0) is 42.5 Å². The molecule has 0 spiro atoms. The maximum atomic E-state index is 12.8. The number of carbonyl (C=O) groups is 2. The molecule has 0 aromatic heterocycles. The quantitative estimate of drug-likeness (QED) is 0.743. The Morgan fingerprint density at radius 2 is 1.68 bits per heavy atom. The van der Waals surface area contributed by atoms with E-state index in [0.29, 0.717) is 19.6 Å². The van der Waals surface area contributed by atoms with Crippen molar-refractivity contribution in [1.82, 2.24) is 9.80 Å². The van der Waals surface area contributed by atoms with E-state index in [9.17, 15) is 9.59 Å². The monoisotopic (exact) mass is 376 g/mol. The molecule has 146 valence electrons. The minimum atomic E-state index is -0.00355. The van der Waals surface area contributed by atoms with E-state index in [1.165, 1.54) is 11.1 Å². The normalized spacial score (nSPS) is 15.0. The van der Waals surface area contributed by atoms with E-state index in [1.54, 1.807) is 6.08 Å². The smallest absolute Gasteiger partial charge is 0.246 e. The van der Waals surface area contributed by atoms with Crippen molar-refractivity contribution in [3.63, 3.8) is 0 Å². The molecule has 4 nitrogen and oxygen atoms in total. The summed E-state index contributed by atoms with van der Waals surface area (Å²) in [6, 6.07) is 18.0. The third kappa shape index (κ3) is 5.10. The van der Waals surface area contributed by atoms with Gasteiger partial charge < -0.3 is 9.80 Å². The first-order chi connectivity index (χ1) is 13.5. The number of rotatable bonds is 5. The average molecular weight is 377 g/mol. The van der Waals surface area contributed by atoms with E-state index in [1.807, 2.05) is 65.4 Å². The largest absolute Gasteiger partial charge is 0.341 e. The number of aryl methyl sites for hydroxylation is 1. The molecular formula is C24H28N2O2.